The number of rotatable bonds is 8. The maximum absolute atomic E-state index is 13.5. The first-order valence-electron chi connectivity index (χ1n) is 15.7. The third-order valence-corrected chi connectivity index (χ3v) is 8.95. The van der Waals surface area contributed by atoms with Crippen LogP contribution >= 0.6 is 0 Å². The highest BCUT2D eigenvalue weighted by Crippen LogP contribution is 2.41. The molecule has 3 aromatic rings. The quantitative estimate of drug-likeness (QED) is 0.399. The molecule has 6 rings (SSSR count). The number of hydrogen-bond donors (Lipinski definition) is 1. The molecule has 0 aromatic heterocycles. The Hall–Kier alpha value is -3.75. The van der Waals surface area contributed by atoms with Gasteiger partial charge in [0.25, 0.3) is 0 Å². The molecule has 3 aliphatic rings. The van der Waals surface area contributed by atoms with Crippen molar-refractivity contribution in [2.75, 3.05) is 58.3 Å². The number of anilines is 1. The zero-order valence-corrected chi connectivity index (χ0v) is 25.4. The van der Waals surface area contributed by atoms with Crippen LogP contribution < -0.4 is 10.2 Å². The van der Waals surface area contributed by atoms with E-state index in [1.165, 1.54) is 36.1 Å². The van der Waals surface area contributed by atoms with E-state index in [1.807, 2.05) is 12.1 Å². The number of aliphatic imine (C=N–C) groups is 1. The van der Waals surface area contributed by atoms with Gasteiger partial charge in [0.2, 0.25) is 11.9 Å². The predicted molar refractivity (Wildman–Crippen MR) is 171 cm³/mol. The van der Waals surface area contributed by atoms with Gasteiger partial charge in [-0.3, -0.25) is 9.69 Å². The Morgan fingerprint density at radius 1 is 0.953 bits per heavy atom. The number of benzene rings is 3. The minimum absolute atomic E-state index is 0.0400. The monoisotopic (exact) mass is 582 g/mol. The number of amides is 1. The molecular weight excluding hydrogens is 539 g/mol. The number of para-hydroxylation sites is 1. The Kier molecular flexibility index (Phi) is 9.05. The van der Waals surface area contributed by atoms with E-state index in [0.29, 0.717) is 6.54 Å². The van der Waals surface area contributed by atoms with Gasteiger partial charge in [-0.1, -0.05) is 36.4 Å². The first kappa shape index (κ1) is 29.3. The number of hydrogen-bond acceptors (Lipinski definition) is 6. The molecule has 8 heteroatoms. The van der Waals surface area contributed by atoms with E-state index >= 15 is 0 Å². The Morgan fingerprint density at radius 2 is 1.70 bits per heavy atom. The summed E-state index contributed by atoms with van der Waals surface area (Å²) in [6.45, 7) is 6.21. The molecule has 1 amide bonds. The summed E-state index contributed by atoms with van der Waals surface area (Å²) in [5.74, 6) is 0.611. The Morgan fingerprint density at radius 3 is 2.47 bits per heavy atom. The third kappa shape index (κ3) is 6.92. The number of nitrogens with zero attached hydrogens (tertiary/aromatic N) is 5. The van der Waals surface area contributed by atoms with Crippen molar-refractivity contribution < 1.29 is 9.18 Å². The molecule has 0 bridgehead atoms. The van der Waals surface area contributed by atoms with Crippen LogP contribution in [0.15, 0.2) is 71.7 Å². The van der Waals surface area contributed by atoms with Crippen LogP contribution in [0.3, 0.4) is 0 Å². The van der Waals surface area contributed by atoms with Crippen molar-refractivity contribution >= 4 is 23.2 Å². The normalized spacial score (nSPS) is 18.7. The topological polar surface area (TPSA) is 54.4 Å². The Balaban J connectivity index is 1.30. The van der Waals surface area contributed by atoms with Crippen molar-refractivity contribution in [2.45, 2.75) is 44.7 Å². The zero-order valence-electron chi connectivity index (χ0n) is 25.4. The number of carbonyl (C=O) groups excluding carboxylic acids is 1. The number of halogens is 1. The fraction of sp³-hybridized carbons (Fsp3) is 0.429. The summed E-state index contributed by atoms with van der Waals surface area (Å²) in [5.41, 5.74) is 6.81. The van der Waals surface area contributed by atoms with Gasteiger partial charge in [0.05, 0.1) is 18.2 Å². The molecule has 2 aliphatic heterocycles. The predicted octanol–water partition coefficient (Wildman–Crippen LogP) is 5.14. The first-order valence-corrected chi connectivity index (χ1v) is 15.7. The largest absolute Gasteiger partial charge is 0.352 e. The number of piperazine rings is 1. The molecule has 1 aliphatic carbocycles. The van der Waals surface area contributed by atoms with Crippen LogP contribution in [0.4, 0.5) is 15.8 Å². The molecule has 0 saturated carbocycles. The maximum Gasteiger partial charge on any atom is 0.222 e. The van der Waals surface area contributed by atoms with Crippen molar-refractivity contribution in [3.63, 3.8) is 0 Å². The van der Waals surface area contributed by atoms with Gasteiger partial charge in [-0.2, -0.15) is 0 Å². The van der Waals surface area contributed by atoms with Gasteiger partial charge in [-0.25, -0.2) is 9.38 Å². The van der Waals surface area contributed by atoms with E-state index in [1.54, 1.807) is 12.1 Å². The van der Waals surface area contributed by atoms with Crippen molar-refractivity contribution in [3.05, 3.63) is 94.8 Å². The number of nitrogens with one attached hydrogen (secondary N) is 1. The SMILES string of the molecule is CN(C)CCN1CCN(C2=Nc3ccccc3C(CC(=O)NCc3ccc(F)cc3)N2c2ccc3c(c2)CCCC3)CC1. The van der Waals surface area contributed by atoms with Gasteiger partial charge < -0.3 is 20.0 Å². The minimum Gasteiger partial charge on any atom is -0.352 e. The zero-order chi connectivity index (χ0) is 29.8. The lowest BCUT2D eigenvalue weighted by Crippen LogP contribution is -2.56. The molecule has 2 heterocycles. The molecule has 0 spiro atoms. The van der Waals surface area contributed by atoms with Crippen molar-refractivity contribution in [1.82, 2.24) is 20.0 Å². The fourth-order valence-electron chi connectivity index (χ4n) is 6.46. The van der Waals surface area contributed by atoms with Gasteiger partial charge in [0, 0.05) is 57.1 Å². The van der Waals surface area contributed by atoms with Crippen LogP contribution in [0.5, 0.6) is 0 Å². The molecule has 1 saturated heterocycles. The molecule has 1 unspecified atom stereocenters. The standard InChI is InChI=1S/C35H43FN6O/c1-39(2)17-18-40-19-21-41(22-20-40)35-38-32-10-6-5-9-31(32)33(24-34(43)37-25-26-11-14-29(36)15-12-26)42(35)30-16-13-27-7-3-4-8-28(27)23-30/h5-6,9-16,23,33H,3-4,7-8,17-22,24-25H2,1-2H3,(H,37,43). The minimum atomic E-state index is -0.278. The maximum atomic E-state index is 13.5. The highest BCUT2D eigenvalue weighted by Gasteiger charge is 2.36. The molecule has 1 fully saturated rings. The van der Waals surface area contributed by atoms with Gasteiger partial charge >= 0.3 is 0 Å². The number of aryl methyl sites for hydroxylation is 2. The fourth-order valence-corrected chi connectivity index (χ4v) is 6.46. The number of fused-ring (bicyclic) bond motifs is 2. The van der Waals surface area contributed by atoms with E-state index in [0.717, 1.165) is 80.6 Å². The summed E-state index contributed by atoms with van der Waals surface area (Å²) >= 11 is 0. The summed E-state index contributed by atoms with van der Waals surface area (Å²) < 4.78 is 13.4. The van der Waals surface area contributed by atoms with E-state index < -0.39 is 0 Å². The van der Waals surface area contributed by atoms with Gasteiger partial charge in [0.15, 0.2) is 0 Å². The van der Waals surface area contributed by atoms with Crippen LogP contribution in [-0.4, -0.2) is 79.9 Å². The van der Waals surface area contributed by atoms with E-state index in [4.69, 9.17) is 4.99 Å². The molecule has 3 aromatic carbocycles. The van der Waals surface area contributed by atoms with Gasteiger partial charge in [0.1, 0.15) is 5.82 Å². The summed E-state index contributed by atoms with van der Waals surface area (Å²) in [5, 5.41) is 3.09. The first-order chi connectivity index (χ1) is 20.9. The average Bonchev–Trinajstić information content (AvgIpc) is 3.03. The summed E-state index contributed by atoms with van der Waals surface area (Å²) in [7, 11) is 4.24. The lowest BCUT2D eigenvalue weighted by molar-refractivity contribution is -0.121. The molecule has 1 N–H and O–H groups in total. The Bertz CT molecular complexity index is 1450. The van der Waals surface area contributed by atoms with Crippen LogP contribution in [0.2, 0.25) is 0 Å². The van der Waals surface area contributed by atoms with Gasteiger partial charge in [-0.15, -0.1) is 0 Å². The van der Waals surface area contributed by atoms with Crippen molar-refractivity contribution in [2.24, 2.45) is 4.99 Å². The van der Waals surface area contributed by atoms with E-state index in [-0.39, 0.29) is 24.2 Å². The van der Waals surface area contributed by atoms with Crippen molar-refractivity contribution in [1.29, 1.82) is 0 Å². The molecule has 226 valence electrons. The van der Waals surface area contributed by atoms with Crippen LogP contribution in [-0.2, 0) is 24.2 Å². The van der Waals surface area contributed by atoms with Crippen molar-refractivity contribution in [3.8, 4) is 0 Å². The van der Waals surface area contributed by atoms with Crippen LogP contribution in [0, 0.1) is 5.82 Å². The third-order valence-electron chi connectivity index (χ3n) is 8.95. The van der Waals surface area contributed by atoms with E-state index in [9.17, 15) is 9.18 Å². The summed E-state index contributed by atoms with van der Waals surface area (Å²) in [6, 6.07) is 21.2. The Labute approximate surface area is 255 Å². The summed E-state index contributed by atoms with van der Waals surface area (Å²) in [4.78, 5) is 28.3. The number of carbonyl (C=O) groups is 1. The highest BCUT2D eigenvalue weighted by atomic mass is 19.1. The average molecular weight is 583 g/mol. The lowest BCUT2D eigenvalue weighted by Gasteiger charge is -2.45. The second kappa shape index (κ2) is 13.3. The van der Waals surface area contributed by atoms with Gasteiger partial charge in [-0.05, 0) is 86.8 Å². The van der Waals surface area contributed by atoms with E-state index in [2.05, 4.69) is 69.3 Å². The molecule has 0 radical (unpaired) electrons. The molecular formula is C35H43FN6O. The lowest BCUT2D eigenvalue weighted by atomic mass is 9.90. The van der Waals surface area contributed by atoms with Crippen LogP contribution in [0.25, 0.3) is 0 Å². The molecule has 7 nitrogen and oxygen atoms in total. The number of likely N-dealkylation sites (N-methyl/N-ethyl adjacent to an activating group) is 1. The molecule has 43 heavy (non-hydrogen) atoms. The smallest absolute Gasteiger partial charge is 0.222 e. The summed E-state index contributed by atoms with van der Waals surface area (Å²) in [6.07, 6.45) is 4.96. The second-order valence-corrected chi connectivity index (χ2v) is 12.3. The van der Waals surface area contributed by atoms with Crippen LogP contribution in [0.1, 0.15) is 47.6 Å². The highest BCUT2D eigenvalue weighted by molar-refractivity contribution is 6.01. The second-order valence-electron chi connectivity index (χ2n) is 12.3. The number of guanidine groups is 1. The molecule has 1 atom stereocenters.